The lowest BCUT2D eigenvalue weighted by molar-refractivity contribution is -0.112. The first-order chi connectivity index (χ1) is 9.45. The average molecular weight is 292 g/mol. The quantitative estimate of drug-likeness (QED) is 0.387. The van der Waals surface area contributed by atoms with Crippen LogP contribution in [0.4, 0.5) is 5.69 Å². The van der Waals surface area contributed by atoms with Crippen molar-refractivity contribution in [1.29, 1.82) is 0 Å². The molecule has 0 aliphatic carbocycles. The number of benzene rings is 1. The minimum absolute atomic E-state index is 0.0418. The molecule has 1 amide bonds. The third kappa shape index (κ3) is 4.47. The van der Waals surface area contributed by atoms with Gasteiger partial charge < -0.3 is 15.2 Å². The number of anilines is 1. The summed E-state index contributed by atoms with van der Waals surface area (Å²) in [6, 6.07) is 6.98. The number of aliphatic hydroxyl groups is 1. The molecular weight excluding hydrogens is 276 g/mol. The SMILES string of the molecule is COc1ccccc1NC(=O)C(C=NC(C)=S)=C(C)O. The summed E-state index contributed by atoms with van der Waals surface area (Å²) in [6.07, 6.45) is 1.24. The zero-order valence-electron chi connectivity index (χ0n) is 11.5. The topological polar surface area (TPSA) is 70.9 Å². The van der Waals surface area contributed by atoms with Crippen molar-refractivity contribution in [1.82, 2.24) is 0 Å². The second-order valence-corrected chi connectivity index (χ2v) is 4.52. The number of methoxy groups -OCH3 is 1. The van der Waals surface area contributed by atoms with Gasteiger partial charge in [-0.3, -0.25) is 4.79 Å². The first-order valence-electron chi connectivity index (χ1n) is 5.84. The number of para-hydroxylation sites is 2. The molecule has 1 aromatic rings. The van der Waals surface area contributed by atoms with Crippen LogP contribution in [0.1, 0.15) is 13.8 Å². The number of ether oxygens (including phenoxy) is 1. The maximum Gasteiger partial charge on any atom is 0.260 e. The molecule has 0 unspecified atom stereocenters. The predicted octanol–water partition coefficient (Wildman–Crippen LogP) is 2.88. The van der Waals surface area contributed by atoms with Crippen molar-refractivity contribution in [3.63, 3.8) is 0 Å². The van der Waals surface area contributed by atoms with E-state index in [0.29, 0.717) is 16.4 Å². The third-order valence-electron chi connectivity index (χ3n) is 2.37. The monoisotopic (exact) mass is 292 g/mol. The highest BCUT2D eigenvalue weighted by molar-refractivity contribution is 7.80. The van der Waals surface area contributed by atoms with E-state index in [2.05, 4.69) is 10.3 Å². The molecular formula is C14H16N2O3S. The molecule has 0 aliphatic heterocycles. The fourth-order valence-corrected chi connectivity index (χ4v) is 1.46. The van der Waals surface area contributed by atoms with Crippen LogP contribution in [0.3, 0.4) is 0 Å². The summed E-state index contributed by atoms with van der Waals surface area (Å²) in [6.45, 7) is 3.02. The molecule has 5 nitrogen and oxygen atoms in total. The number of hydrogen-bond donors (Lipinski definition) is 2. The van der Waals surface area contributed by atoms with E-state index in [-0.39, 0.29) is 11.3 Å². The van der Waals surface area contributed by atoms with Crippen LogP contribution in [0.5, 0.6) is 5.75 Å². The molecule has 2 N–H and O–H groups in total. The van der Waals surface area contributed by atoms with E-state index in [1.54, 1.807) is 31.2 Å². The maximum absolute atomic E-state index is 12.1. The summed E-state index contributed by atoms with van der Waals surface area (Å²) in [7, 11) is 1.51. The first kappa shape index (κ1) is 15.8. The number of nitrogens with zero attached hydrogens (tertiary/aromatic N) is 1. The normalized spacial score (nSPS) is 11.9. The lowest BCUT2D eigenvalue weighted by Crippen LogP contribution is -2.17. The summed E-state index contributed by atoms with van der Waals surface area (Å²) in [4.78, 5) is 16.3. The highest BCUT2D eigenvalue weighted by atomic mass is 32.1. The van der Waals surface area contributed by atoms with Gasteiger partial charge in [-0.25, -0.2) is 4.99 Å². The maximum atomic E-state index is 12.1. The lowest BCUT2D eigenvalue weighted by Gasteiger charge is -2.10. The van der Waals surface area contributed by atoms with Crippen molar-refractivity contribution in [2.24, 2.45) is 4.99 Å². The molecule has 6 heteroatoms. The van der Waals surface area contributed by atoms with Crippen LogP contribution in [-0.4, -0.2) is 29.3 Å². The summed E-state index contributed by atoms with van der Waals surface area (Å²) in [5.74, 6) is -0.106. The van der Waals surface area contributed by atoms with Crippen LogP contribution in [-0.2, 0) is 4.79 Å². The second-order valence-electron chi connectivity index (χ2n) is 3.93. The smallest absolute Gasteiger partial charge is 0.260 e. The molecule has 0 bridgehead atoms. The van der Waals surface area contributed by atoms with Gasteiger partial charge in [-0.2, -0.15) is 0 Å². The molecule has 20 heavy (non-hydrogen) atoms. The van der Waals surface area contributed by atoms with Crippen LogP contribution in [0, 0.1) is 0 Å². The van der Waals surface area contributed by atoms with Crippen molar-refractivity contribution < 1.29 is 14.6 Å². The van der Waals surface area contributed by atoms with Gasteiger partial charge in [0.25, 0.3) is 5.91 Å². The minimum Gasteiger partial charge on any atom is -0.512 e. The van der Waals surface area contributed by atoms with Gasteiger partial charge in [-0.05, 0) is 26.0 Å². The molecule has 0 saturated heterocycles. The fourth-order valence-electron chi connectivity index (χ4n) is 1.41. The molecule has 106 valence electrons. The van der Waals surface area contributed by atoms with Crippen LogP contribution < -0.4 is 10.1 Å². The Morgan fingerprint density at radius 1 is 1.40 bits per heavy atom. The van der Waals surface area contributed by atoms with Gasteiger partial charge in [0.05, 0.1) is 23.4 Å². The van der Waals surface area contributed by atoms with Crippen molar-refractivity contribution in [2.45, 2.75) is 13.8 Å². The van der Waals surface area contributed by atoms with E-state index in [4.69, 9.17) is 17.0 Å². The van der Waals surface area contributed by atoms with Crippen LogP contribution in [0.15, 0.2) is 40.6 Å². The third-order valence-corrected chi connectivity index (χ3v) is 2.47. The van der Waals surface area contributed by atoms with Gasteiger partial charge in [0.2, 0.25) is 0 Å². The summed E-state index contributed by atoms with van der Waals surface area (Å²) >= 11 is 4.80. The zero-order valence-corrected chi connectivity index (χ0v) is 12.3. The highest BCUT2D eigenvalue weighted by Gasteiger charge is 2.13. The Morgan fingerprint density at radius 2 is 2.05 bits per heavy atom. The van der Waals surface area contributed by atoms with Gasteiger partial charge in [-0.15, -0.1) is 0 Å². The van der Waals surface area contributed by atoms with E-state index in [0.717, 1.165) is 0 Å². The number of amides is 1. The molecule has 0 aliphatic rings. The first-order valence-corrected chi connectivity index (χ1v) is 6.25. The summed E-state index contributed by atoms with van der Waals surface area (Å²) < 4.78 is 5.14. The Hall–Kier alpha value is -2.21. The highest BCUT2D eigenvalue weighted by Crippen LogP contribution is 2.23. The number of allylic oxidation sites excluding steroid dienone is 1. The molecule has 0 radical (unpaired) electrons. The van der Waals surface area contributed by atoms with E-state index in [9.17, 15) is 9.90 Å². The number of hydrogen-bond acceptors (Lipinski definition) is 4. The second kappa shape index (κ2) is 7.40. The van der Waals surface area contributed by atoms with E-state index < -0.39 is 5.91 Å². The Kier molecular flexibility index (Phi) is 5.86. The molecule has 0 aromatic heterocycles. The number of nitrogens with one attached hydrogen (secondary N) is 1. The molecule has 0 spiro atoms. The number of carbonyl (C=O) groups is 1. The van der Waals surface area contributed by atoms with Gasteiger partial charge in [-0.1, -0.05) is 24.4 Å². The Morgan fingerprint density at radius 3 is 2.60 bits per heavy atom. The largest absolute Gasteiger partial charge is 0.512 e. The Balaban J connectivity index is 2.98. The Labute approximate surface area is 123 Å². The van der Waals surface area contributed by atoms with Crippen molar-refractivity contribution >= 4 is 35.0 Å². The number of thiocarbonyl (C=S) groups is 1. The van der Waals surface area contributed by atoms with E-state index >= 15 is 0 Å². The van der Waals surface area contributed by atoms with Gasteiger partial charge >= 0.3 is 0 Å². The van der Waals surface area contributed by atoms with Crippen LogP contribution in [0.2, 0.25) is 0 Å². The average Bonchev–Trinajstić information content (AvgIpc) is 2.38. The van der Waals surface area contributed by atoms with Gasteiger partial charge in [0.1, 0.15) is 11.5 Å². The van der Waals surface area contributed by atoms with Crippen molar-refractivity contribution in [2.75, 3.05) is 12.4 Å². The van der Waals surface area contributed by atoms with Gasteiger partial charge in [0.15, 0.2) is 0 Å². The number of aliphatic hydroxyl groups excluding tert-OH is 1. The van der Waals surface area contributed by atoms with E-state index in [1.807, 2.05) is 0 Å². The predicted molar refractivity (Wildman–Crippen MR) is 83.7 cm³/mol. The van der Waals surface area contributed by atoms with Crippen LogP contribution in [0.25, 0.3) is 0 Å². The van der Waals surface area contributed by atoms with E-state index in [1.165, 1.54) is 20.2 Å². The molecule has 0 saturated carbocycles. The minimum atomic E-state index is -0.491. The van der Waals surface area contributed by atoms with Crippen molar-refractivity contribution in [3.8, 4) is 5.75 Å². The molecule has 1 rings (SSSR count). The lowest BCUT2D eigenvalue weighted by atomic mass is 10.2. The fraction of sp³-hybridized carbons (Fsp3) is 0.214. The molecule has 0 fully saturated rings. The number of carbonyl (C=O) groups excluding carboxylic acids is 1. The molecule has 0 atom stereocenters. The molecule has 0 heterocycles. The molecule has 1 aromatic carbocycles. The Bertz CT molecular complexity index is 576. The van der Waals surface area contributed by atoms with Gasteiger partial charge in [0, 0.05) is 6.21 Å². The zero-order chi connectivity index (χ0) is 15.1. The standard InChI is InChI=1S/C14H16N2O3S/c1-9(17)11(8-15-10(2)20)14(18)16-12-6-4-5-7-13(12)19-3/h4-8,17H,1-3H3,(H,16,18). The number of rotatable bonds is 4. The summed E-state index contributed by atoms with van der Waals surface area (Å²) in [5.41, 5.74) is 0.548. The van der Waals surface area contributed by atoms with Crippen LogP contribution >= 0.6 is 12.2 Å². The number of aliphatic imine (C=N–C) groups is 1. The van der Waals surface area contributed by atoms with Crippen molar-refractivity contribution in [3.05, 3.63) is 35.6 Å². The summed E-state index contributed by atoms with van der Waals surface area (Å²) in [5, 5.41) is 12.2.